The van der Waals surface area contributed by atoms with Crippen LogP contribution in [0.1, 0.15) is 18.4 Å². The van der Waals surface area contributed by atoms with E-state index in [9.17, 15) is 4.39 Å². The molecule has 2 aliphatic rings. The SMILES string of the molecule is Fc1cccc(CNCC2CN3CCCC3CO2)c1Cl. The predicted molar refractivity (Wildman–Crippen MR) is 77.5 cm³/mol. The highest BCUT2D eigenvalue weighted by Gasteiger charge is 2.31. The fourth-order valence-electron chi connectivity index (χ4n) is 3.06. The Bertz CT molecular complexity index is 471. The number of rotatable bonds is 4. The van der Waals surface area contributed by atoms with Gasteiger partial charge in [-0.15, -0.1) is 0 Å². The largest absolute Gasteiger partial charge is 0.374 e. The summed E-state index contributed by atoms with van der Waals surface area (Å²) in [4.78, 5) is 2.52. The van der Waals surface area contributed by atoms with Gasteiger partial charge in [0.2, 0.25) is 0 Å². The normalized spacial score (nSPS) is 26.7. The maximum absolute atomic E-state index is 13.3. The van der Waals surface area contributed by atoms with Crippen LogP contribution in [0, 0.1) is 5.82 Å². The summed E-state index contributed by atoms with van der Waals surface area (Å²) in [5.41, 5.74) is 0.793. The number of morpholine rings is 1. The number of nitrogens with zero attached hydrogens (tertiary/aromatic N) is 1. The molecule has 110 valence electrons. The average Bonchev–Trinajstić information content (AvgIpc) is 2.91. The highest BCUT2D eigenvalue weighted by molar-refractivity contribution is 6.31. The Morgan fingerprint density at radius 1 is 1.45 bits per heavy atom. The van der Waals surface area contributed by atoms with E-state index in [1.165, 1.54) is 25.5 Å². The second-order valence-electron chi connectivity index (χ2n) is 5.59. The van der Waals surface area contributed by atoms with Crippen molar-refractivity contribution in [2.45, 2.75) is 31.5 Å². The first-order valence-electron chi connectivity index (χ1n) is 7.23. The van der Waals surface area contributed by atoms with Crippen molar-refractivity contribution in [1.82, 2.24) is 10.2 Å². The third-order valence-electron chi connectivity index (χ3n) is 4.18. The Kier molecular flexibility index (Phi) is 4.56. The maximum atomic E-state index is 13.3. The van der Waals surface area contributed by atoms with Gasteiger partial charge in [0.25, 0.3) is 0 Å². The molecule has 2 atom stereocenters. The van der Waals surface area contributed by atoms with Gasteiger partial charge in [-0.1, -0.05) is 23.7 Å². The minimum absolute atomic E-state index is 0.212. The smallest absolute Gasteiger partial charge is 0.142 e. The van der Waals surface area contributed by atoms with Crippen LogP contribution in [0.2, 0.25) is 5.02 Å². The molecule has 1 aromatic carbocycles. The summed E-state index contributed by atoms with van der Waals surface area (Å²) in [7, 11) is 0. The van der Waals surface area contributed by atoms with Gasteiger partial charge in [-0.05, 0) is 31.0 Å². The molecule has 3 rings (SSSR count). The monoisotopic (exact) mass is 298 g/mol. The van der Waals surface area contributed by atoms with Crippen molar-refractivity contribution >= 4 is 11.6 Å². The van der Waals surface area contributed by atoms with E-state index in [1.807, 2.05) is 6.07 Å². The zero-order valence-corrected chi connectivity index (χ0v) is 12.2. The molecule has 0 saturated carbocycles. The van der Waals surface area contributed by atoms with E-state index in [0.717, 1.165) is 25.3 Å². The average molecular weight is 299 g/mol. The number of hydrogen-bond acceptors (Lipinski definition) is 3. The molecule has 2 heterocycles. The summed E-state index contributed by atoms with van der Waals surface area (Å²) in [5, 5.41) is 3.53. The first kappa shape index (κ1) is 14.3. The van der Waals surface area contributed by atoms with Crippen molar-refractivity contribution in [2.75, 3.05) is 26.2 Å². The molecule has 3 nitrogen and oxygen atoms in total. The zero-order valence-electron chi connectivity index (χ0n) is 11.4. The van der Waals surface area contributed by atoms with E-state index in [-0.39, 0.29) is 16.9 Å². The van der Waals surface area contributed by atoms with Crippen LogP contribution in [-0.2, 0) is 11.3 Å². The summed E-state index contributed by atoms with van der Waals surface area (Å²) in [6, 6.07) is 5.54. The summed E-state index contributed by atoms with van der Waals surface area (Å²) in [6.45, 7) is 4.37. The maximum Gasteiger partial charge on any atom is 0.142 e. The number of benzene rings is 1. The van der Waals surface area contributed by atoms with Crippen molar-refractivity contribution in [1.29, 1.82) is 0 Å². The van der Waals surface area contributed by atoms with Gasteiger partial charge < -0.3 is 10.1 Å². The van der Waals surface area contributed by atoms with Gasteiger partial charge in [0.05, 0.1) is 17.7 Å². The lowest BCUT2D eigenvalue weighted by Crippen LogP contribution is -2.49. The molecule has 2 unspecified atom stereocenters. The van der Waals surface area contributed by atoms with E-state index in [2.05, 4.69) is 10.2 Å². The van der Waals surface area contributed by atoms with Gasteiger partial charge in [0, 0.05) is 25.7 Å². The summed E-state index contributed by atoms with van der Waals surface area (Å²) in [6.07, 6.45) is 2.77. The molecule has 0 aromatic heterocycles. The molecule has 0 bridgehead atoms. The number of fused-ring (bicyclic) bond motifs is 1. The molecule has 2 aliphatic heterocycles. The van der Waals surface area contributed by atoms with Crippen LogP contribution in [0.25, 0.3) is 0 Å². The van der Waals surface area contributed by atoms with Gasteiger partial charge in [0.15, 0.2) is 0 Å². The number of nitrogens with one attached hydrogen (secondary N) is 1. The summed E-state index contributed by atoms with van der Waals surface area (Å²) < 4.78 is 19.2. The number of hydrogen-bond donors (Lipinski definition) is 1. The molecular formula is C15H20ClFN2O. The highest BCUT2D eigenvalue weighted by Crippen LogP contribution is 2.22. The zero-order chi connectivity index (χ0) is 13.9. The third-order valence-corrected chi connectivity index (χ3v) is 4.60. The van der Waals surface area contributed by atoms with Crippen LogP contribution < -0.4 is 5.32 Å². The van der Waals surface area contributed by atoms with Crippen molar-refractivity contribution in [3.05, 3.63) is 34.6 Å². The first-order valence-corrected chi connectivity index (χ1v) is 7.61. The van der Waals surface area contributed by atoms with Crippen LogP contribution in [0.15, 0.2) is 18.2 Å². The van der Waals surface area contributed by atoms with Crippen molar-refractivity contribution in [3.63, 3.8) is 0 Å². The topological polar surface area (TPSA) is 24.5 Å². The van der Waals surface area contributed by atoms with Gasteiger partial charge in [-0.2, -0.15) is 0 Å². The Balaban J connectivity index is 1.47. The molecule has 0 amide bonds. The number of halogens is 2. The fraction of sp³-hybridized carbons (Fsp3) is 0.600. The second-order valence-corrected chi connectivity index (χ2v) is 5.97. The highest BCUT2D eigenvalue weighted by atomic mass is 35.5. The van der Waals surface area contributed by atoms with Crippen LogP contribution in [0.4, 0.5) is 4.39 Å². The Morgan fingerprint density at radius 2 is 2.35 bits per heavy atom. The van der Waals surface area contributed by atoms with Crippen molar-refractivity contribution < 1.29 is 9.13 Å². The third kappa shape index (κ3) is 3.14. The van der Waals surface area contributed by atoms with E-state index in [1.54, 1.807) is 6.07 Å². The fourth-order valence-corrected chi connectivity index (χ4v) is 3.25. The lowest BCUT2D eigenvalue weighted by atomic mass is 10.2. The number of ether oxygens (including phenoxy) is 1. The molecule has 5 heteroatoms. The predicted octanol–water partition coefficient (Wildman–Crippen LogP) is 2.43. The molecule has 0 radical (unpaired) electrons. The van der Waals surface area contributed by atoms with Crippen LogP contribution in [-0.4, -0.2) is 43.3 Å². The van der Waals surface area contributed by atoms with Gasteiger partial charge >= 0.3 is 0 Å². The first-order chi connectivity index (χ1) is 9.74. The molecule has 1 aromatic rings. The van der Waals surface area contributed by atoms with E-state index in [4.69, 9.17) is 16.3 Å². The molecule has 1 N–H and O–H groups in total. The van der Waals surface area contributed by atoms with E-state index < -0.39 is 0 Å². The summed E-state index contributed by atoms with van der Waals surface area (Å²) in [5.74, 6) is -0.361. The minimum atomic E-state index is -0.361. The minimum Gasteiger partial charge on any atom is -0.374 e. The Hall–Kier alpha value is -0.680. The second kappa shape index (κ2) is 6.39. The summed E-state index contributed by atoms with van der Waals surface area (Å²) >= 11 is 5.93. The van der Waals surface area contributed by atoms with Crippen LogP contribution >= 0.6 is 11.6 Å². The van der Waals surface area contributed by atoms with Gasteiger partial charge in [-0.3, -0.25) is 4.90 Å². The molecule has 0 aliphatic carbocycles. The van der Waals surface area contributed by atoms with Crippen molar-refractivity contribution in [3.8, 4) is 0 Å². The van der Waals surface area contributed by atoms with E-state index >= 15 is 0 Å². The lowest BCUT2D eigenvalue weighted by Gasteiger charge is -2.35. The van der Waals surface area contributed by atoms with Gasteiger partial charge in [0.1, 0.15) is 5.82 Å². The Morgan fingerprint density at radius 3 is 3.25 bits per heavy atom. The molecule has 2 fully saturated rings. The quantitative estimate of drug-likeness (QED) is 0.924. The Labute approximate surface area is 124 Å². The van der Waals surface area contributed by atoms with Crippen LogP contribution in [0.5, 0.6) is 0 Å². The molecule has 0 spiro atoms. The lowest BCUT2D eigenvalue weighted by molar-refractivity contribution is -0.0470. The van der Waals surface area contributed by atoms with Crippen LogP contribution in [0.3, 0.4) is 0 Å². The molecule has 2 saturated heterocycles. The van der Waals surface area contributed by atoms with Crippen molar-refractivity contribution in [2.24, 2.45) is 0 Å². The standard InChI is InChI=1S/C15H20ClFN2O/c16-15-11(3-1-5-14(15)17)7-18-8-13-9-19-6-2-4-12(19)10-20-13/h1,3,5,12-13,18H,2,4,6-10H2. The van der Waals surface area contributed by atoms with E-state index in [0.29, 0.717) is 12.6 Å². The van der Waals surface area contributed by atoms with Gasteiger partial charge in [-0.25, -0.2) is 4.39 Å². The molecular weight excluding hydrogens is 279 g/mol. The molecule has 20 heavy (non-hydrogen) atoms.